The molecule has 1 unspecified atom stereocenters. The number of amides is 2. The number of rotatable bonds is 11. The van der Waals surface area contributed by atoms with E-state index in [9.17, 15) is 19.8 Å². The van der Waals surface area contributed by atoms with Gasteiger partial charge in [-0.15, -0.1) is 16.6 Å². The first-order valence-electron chi connectivity index (χ1n) is 25.5. The van der Waals surface area contributed by atoms with Crippen molar-refractivity contribution in [2.24, 2.45) is 5.92 Å². The van der Waals surface area contributed by atoms with E-state index in [1.165, 1.54) is 43.7 Å². The zero-order valence-electron chi connectivity index (χ0n) is 40.4. The minimum absolute atomic E-state index is 0.0891. The predicted octanol–water partition coefficient (Wildman–Crippen LogP) is 4.91. The number of carbonyl (C=O) groups excluding carboxylic acids is 2. The molecule has 69 heavy (non-hydrogen) atoms. The molecule has 16 heteroatoms. The number of carbonyl (C=O) groups is 2. The summed E-state index contributed by atoms with van der Waals surface area (Å²) in [6.45, 7) is 16.2. The Morgan fingerprint density at radius 2 is 1.48 bits per heavy atom. The lowest BCUT2D eigenvalue weighted by Gasteiger charge is -2.50. The number of aliphatic hydroxyl groups is 1. The smallest absolute Gasteiger partial charge is 0.243 e. The molecule has 2 aromatic carbocycles. The first kappa shape index (κ1) is 47.0. The minimum Gasteiger partial charge on any atom is -0.507 e. The van der Waals surface area contributed by atoms with Crippen LogP contribution in [0, 0.1) is 18.3 Å². The van der Waals surface area contributed by atoms with Gasteiger partial charge in [-0.1, -0.05) is 49.2 Å². The zero-order chi connectivity index (χ0) is 47.8. The SMILES string of the molecule is C#Cc1ccc([C@H](C)NC(=O)[C@@H]2C[C@@H](O)CN2C(=O)C(c2cc(N3CCC(N4CCC(N5CCC(N6CCN7c8cc(-c9ccccc9O)nnc8NC[C@H]7C6)CC5)CC4)CC3)no2)C(C)C)cc1. The van der Waals surface area contributed by atoms with E-state index in [1.807, 2.05) is 69.3 Å². The first-order chi connectivity index (χ1) is 33.5. The summed E-state index contributed by atoms with van der Waals surface area (Å²) in [5, 5.41) is 41.2. The van der Waals surface area contributed by atoms with Gasteiger partial charge in [-0.05, 0) is 113 Å². The van der Waals surface area contributed by atoms with Crippen LogP contribution in [0.4, 0.5) is 17.3 Å². The van der Waals surface area contributed by atoms with E-state index in [1.54, 1.807) is 6.07 Å². The average molecular weight is 940 g/mol. The maximum absolute atomic E-state index is 14.3. The number of likely N-dealkylation sites (tertiary alicyclic amines) is 3. The summed E-state index contributed by atoms with van der Waals surface area (Å²) < 4.78 is 5.94. The summed E-state index contributed by atoms with van der Waals surface area (Å²) in [5.74, 6) is 3.61. The van der Waals surface area contributed by atoms with Crippen molar-refractivity contribution in [1.29, 1.82) is 0 Å². The van der Waals surface area contributed by atoms with Gasteiger partial charge in [0.05, 0.1) is 29.6 Å². The quantitative estimate of drug-likeness (QED) is 0.150. The number of piperidine rings is 3. The van der Waals surface area contributed by atoms with Crippen LogP contribution in [0.3, 0.4) is 0 Å². The second-order valence-corrected chi connectivity index (χ2v) is 20.7. The van der Waals surface area contributed by atoms with Crippen LogP contribution < -0.4 is 20.4 Å². The first-order valence-corrected chi connectivity index (χ1v) is 25.5. The molecule has 10 rings (SSSR count). The molecule has 16 nitrogen and oxygen atoms in total. The summed E-state index contributed by atoms with van der Waals surface area (Å²) in [7, 11) is 0. The number of nitrogens with zero attached hydrogens (tertiary/aromatic N) is 9. The Morgan fingerprint density at radius 1 is 0.812 bits per heavy atom. The standard InChI is InChI=1S/C53H69N11O5/c1-5-36-10-12-37(13-11-36)35(4)55-52(67)46-28-42(65)33-64(46)53(68)50(34(2)3)48-30-49(58-69-48)61-24-18-39(19-25-61)59-20-14-38(15-21-59)60-22-16-40(17-23-60)62-26-27-63-41(32-62)31-54-51-45(63)29-44(56-57-51)43-8-6-7-9-47(43)66/h1,6-13,29-30,34-35,38-42,46,50,65-66H,14-28,31-33H2,2-4H3,(H,54,57)(H,55,67)/t35-,41-,42+,46-,50?/m0/s1. The maximum atomic E-state index is 14.3. The second-order valence-electron chi connectivity index (χ2n) is 20.7. The fourth-order valence-corrected chi connectivity index (χ4v) is 12.2. The number of aromatic hydroxyl groups is 1. The van der Waals surface area contributed by atoms with E-state index in [2.05, 4.69) is 62.5 Å². The molecular formula is C53H69N11O5. The summed E-state index contributed by atoms with van der Waals surface area (Å²) in [4.78, 5) is 42.5. The molecule has 0 radical (unpaired) electrons. The lowest BCUT2D eigenvalue weighted by atomic mass is 9.91. The zero-order valence-corrected chi connectivity index (χ0v) is 40.4. The number of β-amino-alcohol motifs (C(OH)–C–C–N with tert-alkyl or cyclic N) is 1. The van der Waals surface area contributed by atoms with Gasteiger partial charge in [0.1, 0.15) is 17.7 Å². The maximum Gasteiger partial charge on any atom is 0.243 e. The number of anilines is 3. The van der Waals surface area contributed by atoms with E-state index < -0.39 is 18.1 Å². The Bertz CT molecular complexity index is 2470. The van der Waals surface area contributed by atoms with Crippen LogP contribution in [0.2, 0.25) is 0 Å². The van der Waals surface area contributed by atoms with Gasteiger partial charge in [-0.25, -0.2) is 0 Å². The third-order valence-electron chi connectivity index (χ3n) is 16.2. The number of fused-ring (bicyclic) bond motifs is 3. The highest BCUT2D eigenvalue weighted by atomic mass is 16.5. The molecule has 0 bridgehead atoms. The van der Waals surface area contributed by atoms with E-state index in [0.29, 0.717) is 41.2 Å². The Morgan fingerprint density at radius 3 is 2.14 bits per heavy atom. The van der Waals surface area contributed by atoms with Crippen molar-refractivity contribution in [2.45, 2.75) is 114 Å². The van der Waals surface area contributed by atoms with Crippen LogP contribution in [0.5, 0.6) is 5.75 Å². The van der Waals surface area contributed by atoms with Crippen molar-refractivity contribution in [3.8, 4) is 29.4 Å². The Balaban J connectivity index is 0.670. The summed E-state index contributed by atoms with van der Waals surface area (Å²) >= 11 is 0. The Kier molecular flexibility index (Phi) is 13.8. The van der Waals surface area contributed by atoms with E-state index in [4.69, 9.17) is 10.9 Å². The molecule has 0 aliphatic carbocycles. The highest BCUT2D eigenvalue weighted by Crippen LogP contribution is 2.38. The van der Waals surface area contributed by atoms with Crippen molar-refractivity contribution in [1.82, 2.24) is 40.3 Å². The number of aliphatic hydroxyl groups excluding tert-OH is 1. The number of terminal acetylenes is 1. The lowest BCUT2D eigenvalue weighted by molar-refractivity contribution is -0.141. The molecular weight excluding hydrogens is 871 g/mol. The number of phenols is 1. The van der Waals surface area contributed by atoms with Gasteiger partial charge in [0, 0.05) is 87.6 Å². The molecule has 6 aliphatic heterocycles. The Hall–Kier alpha value is -5.73. The van der Waals surface area contributed by atoms with E-state index in [-0.39, 0.29) is 42.5 Å². The van der Waals surface area contributed by atoms with Crippen molar-refractivity contribution >= 4 is 29.1 Å². The highest BCUT2D eigenvalue weighted by Gasteiger charge is 2.44. The predicted molar refractivity (Wildman–Crippen MR) is 266 cm³/mol. The molecule has 8 heterocycles. The van der Waals surface area contributed by atoms with Crippen LogP contribution in [0.15, 0.2) is 65.2 Å². The van der Waals surface area contributed by atoms with Crippen molar-refractivity contribution in [2.75, 3.05) is 87.1 Å². The number of piperazine rings is 1. The molecule has 2 aromatic heterocycles. The molecule has 5 fully saturated rings. The van der Waals surface area contributed by atoms with Crippen molar-refractivity contribution in [3.05, 3.63) is 77.6 Å². The minimum atomic E-state index is -0.795. The summed E-state index contributed by atoms with van der Waals surface area (Å²) in [6.07, 6.45) is 11.9. The van der Waals surface area contributed by atoms with Gasteiger partial charge >= 0.3 is 0 Å². The normalized spacial score (nSPS) is 24.3. The molecule has 4 N–H and O–H groups in total. The van der Waals surface area contributed by atoms with E-state index in [0.717, 1.165) is 93.6 Å². The van der Waals surface area contributed by atoms with Gasteiger partial charge in [0.2, 0.25) is 11.8 Å². The van der Waals surface area contributed by atoms with Gasteiger partial charge in [0.15, 0.2) is 17.4 Å². The number of aromatic nitrogens is 3. The topological polar surface area (TPSA) is 170 Å². The third kappa shape index (κ3) is 9.88. The largest absolute Gasteiger partial charge is 0.507 e. The molecule has 4 aromatic rings. The third-order valence-corrected chi connectivity index (χ3v) is 16.2. The van der Waals surface area contributed by atoms with Crippen molar-refractivity contribution < 1.29 is 24.3 Å². The van der Waals surface area contributed by atoms with Crippen LogP contribution in [0.25, 0.3) is 11.3 Å². The number of phenolic OH excluding ortho intramolecular Hbond substituents is 1. The molecule has 5 atom stereocenters. The van der Waals surface area contributed by atoms with E-state index >= 15 is 0 Å². The average Bonchev–Trinajstić information content (AvgIpc) is 4.03. The van der Waals surface area contributed by atoms with Gasteiger partial charge in [-0.3, -0.25) is 14.5 Å². The Labute approximate surface area is 406 Å². The fourth-order valence-electron chi connectivity index (χ4n) is 12.2. The van der Waals surface area contributed by atoms with Crippen LogP contribution in [0.1, 0.15) is 94.6 Å². The molecule has 0 saturated carbocycles. The number of hydrogen-bond acceptors (Lipinski definition) is 14. The molecule has 6 aliphatic rings. The van der Waals surface area contributed by atoms with Crippen molar-refractivity contribution in [3.63, 3.8) is 0 Å². The highest BCUT2D eigenvalue weighted by molar-refractivity contribution is 5.91. The lowest BCUT2D eigenvalue weighted by Crippen LogP contribution is -2.61. The summed E-state index contributed by atoms with van der Waals surface area (Å²) in [6, 6.07) is 19.9. The van der Waals surface area contributed by atoms with Gasteiger partial charge in [0.25, 0.3) is 0 Å². The number of nitrogens with one attached hydrogen (secondary N) is 2. The molecule has 0 spiro atoms. The van der Waals surface area contributed by atoms with Crippen LogP contribution in [-0.2, 0) is 9.59 Å². The number of benzene rings is 2. The monoisotopic (exact) mass is 940 g/mol. The molecule has 366 valence electrons. The van der Waals surface area contributed by atoms with Gasteiger partial charge < -0.3 is 49.9 Å². The van der Waals surface area contributed by atoms with Crippen LogP contribution in [-0.4, -0.2) is 165 Å². The van der Waals surface area contributed by atoms with Crippen LogP contribution >= 0.6 is 0 Å². The summed E-state index contributed by atoms with van der Waals surface area (Å²) in [5.41, 5.74) is 4.15. The fraction of sp³-hybridized carbons (Fsp3) is 0.566. The number of para-hydroxylation sites is 1. The second kappa shape index (κ2) is 20.3. The molecule has 2 amide bonds. The molecule has 5 saturated heterocycles. The van der Waals surface area contributed by atoms with Gasteiger partial charge in [-0.2, -0.15) is 0 Å². The number of hydrogen-bond donors (Lipinski definition) is 4.